The highest BCUT2D eigenvalue weighted by atomic mass is 35.5. The van der Waals surface area contributed by atoms with Crippen LogP contribution in [0.5, 0.6) is 0 Å². The Morgan fingerprint density at radius 3 is 2.60 bits per heavy atom. The molecule has 2 heterocycles. The second kappa shape index (κ2) is 7.61. The molecule has 1 saturated carbocycles. The summed E-state index contributed by atoms with van der Waals surface area (Å²) >= 11 is 1.65. The lowest BCUT2D eigenvalue weighted by Crippen LogP contribution is -2.38. The van der Waals surface area contributed by atoms with Gasteiger partial charge in [-0.1, -0.05) is 0 Å². The minimum Gasteiger partial charge on any atom is -0.381 e. The number of ether oxygens (including phenoxy) is 1. The summed E-state index contributed by atoms with van der Waals surface area (Å²) in [6.07, 6.45) is 2.88. The summed E-state index contributed by atoms with van der Waals surface area (Å²) in [6, 6.07) is 2.56. The van der Waals surface area contributed by atoms with Crippen LogP contribution >= 0.6 is 36.2 Å². The molecule has 1 amide bonds. The van der Waals surface area contributed by atoms with E-state index in [1.807, 2.05) is 11.4 Å². The zero-order valence-corrected chi connectivity index (χ0v) is 13.5. The zero-order chi connectivity index (χ0) is 12.5. The van der Waals surface area contributed by atoms with Gasteiger partial charge in [-0.25, -0.2) is 0 Å². The fourth-order valence-corrected chi connectivity index (χ4v) is 3.40. The number of hydrogen-bond acceptors (Lipinski definition) is 4. The number of nitrogens with two attached hydrogens (primary N) is 1. The zero-order valence-electron chi connectivity index (χ0n) is 11.0. The Kier molecular flexibility index (Phi) is 6.75. The molecule has 1 aliphatic heterocycles. The van der Waals surface area contributed by atoms with Crippen LogP contribution in [0.15, 0.2) is 11.4 Å². The lowest BCUT2D eigenvalue weighted by atomic mass is 10.1. The number of thiophene rings is 1. The summed E-state index contributed by atoms with van der Waals surface area (Å²) in [7, 11) is 0. The first kappa shape index (κ1) is 17.7. The average molecular weight is 339 g/mol. The van der Waals surface area contributed by atoms with E-state index in [2.05, 4.69) is 5.32 Å². The number of carbonyl (C=O) groups excluding carboxylic acids is 1. The van der Waals surface area contributed by atoms with Crippen LogP contribution in [-0.2, 0) is 4.74 Å². The second-order valence-corrected chi connectivity index (χ2v) is 6.05. The molecule has 3 rings (SSSR count). The third-order valence-corrected chi connectivity index (χ3v) is 4.71. The van der Waals surface area contributed by atoms with Gasteiger partial charge in [0.1, 0.15) is 0 Å². The van der Waals surface area contributed by atoms with Gasteiger partial charge in [-0.15, -0.1) is 36.2 Å². The van der Waals surface area contributed by atoms with Crippen molar-refractivity contribution in [2.75, 3.05) is 13.2 Å². The lowest BCUT2D eigenvalue weighted by Gasteiger charge is -2.22. The van der Waals surface area contributed by atoms with Crippen LogP contribution < -0.4 is 11.1 Å². The van der Waals surface area contributed by atoms with Crippen molar-refractivity contribution in [1.82, 2.24) is 5.32 Å². The van der Waals surface area contributed by atoms with E-state index >= 15 is 0 Å². The van der Waals surface area contributed by atoms with Gasteiger partial charge in [-0.05, 0) is 25.3 Å². The topological polar surface area (TPSA) is 64.4 Å². The van der Waals surface area contributed by atoms with E-state index < -0.39 is 0 Å². The quantitative estimate of drug-likeness (QED) is 0.888. The molecule has 0 radical (unpaired) electrons. The summed E-state index contributed by atoms with van der Waals surface area (Å²) in [5.74, 6) is 0.526. The van der Waals surface area contributed by atoms with Crippen LogP contribution in [-0.4, -0.2) is 31.2 Å². The summed E-state index contributed by atoms with van der Waals surface area (Å²) in [6.45, 7) is 1.49. The number of nitrogens with one attached hydrogen (secondary N) is 1. The first-order valence-corrected chi connectivity index (χ1v) is 7.34. The van der Waals surface area contributed by atoms with Crippen LogP contribution in [0.3, 0.4) is 0 Å². The van der Waals surface area contributed by atoms with Crippen LogP contribution in [0.2, 0.25) is 0 Å². The van der Waals surface area contributed by atoms with E-state index in [9.17, 15) is 4.79 Å². The third kappa shape index (κ3) is 4.09. The second-order valence-electron chi connectivity index (χ2n) is 5.10. The Morgan fingerprint density at radius 1 is 1.35 bits per heavy atom. The molecule has 4 nitrogen and oxygen atoms in total. The Bertz CT molecular complexity index is 449. The minimum absolute atomic E-state index is 0. The predicted molar refractivity (Wildman–Crippen MR) is 85.5 cm³/mol. The third-order valence-electron chi connectivity index (χ3n) is 3.64. The van der Waals surface area contributed by atoms with Crippen molar-refractivity contribution in [2.45, 2.75) is 37.3 Å². The molecule has 0 unspecified atom stereocenters. The van der Waals surface area contributed by atoms with Crippen molar-refractivity contribution in [3.63, 3.8) is 0 Å². The van der Waals surface area contributed by atoms with E-state index in [0.717, 1.165) is 38.0 Å². The van der Waals surface area contributed by atoms with Gasteiger partial charge in [0.2, 0.25) is 0 Å². The molecule has 0 aromatic carbocycles. The van der Waals surface area contributed by atoms with Gasteiger partial charge < -0.3 is 15.8 Å². The molecule has 2 aliphatic rings. The highest BCUT2D eigenvalue weighted by Crippen LogP contribution is 2.41. The van der Waals surface area contributed by atoms with Crippen LogP contribution in [0.25, 0.3) is 0 Å². The van der Waals surface area contributed by atoms with E-state index in [-0.39, 0.29) is 36.8 Å². The maximum absolute atomic E-state index is 12.1. The fourth-order valence-electron chi connectivity index (χ4n) is 2.32. The number of hydrogen-bond donors (Lipinski definition) is 2. The first-order chi connectivity index (χ1) is 8.74. The molecule has 2 atom stereocenters. The molecule has 20 heavy (non-hydrogen) atoms. The van der Waals surface area contributed by atoms with Crippen LogP contribution in [0, 0.1) is 0 Å². The maximum atomic E-state index is 12.1. The van der Waals surface area contributed by atoms with E-state index in [4.69, 9.17) is 10.5 Å². The van der Waals surface area contributed by atoms with Gasteiger partial charge in [-0.3, -0.25) is 4.79 Å². The molecule has 0 bridgehead atoms. The molecule has 114 valence electrons. The Labute approximate surface area is 135 Å². The Morgan fingerprint density at radius 2 is 2.00 bits per heavy atom. The maximum Gasteiger partial charge on any atom is 0.252 e. The monoisotopic (exact) mass is 338 g/mol. The number of halogens is 2. The van der Waals surface area contributed by atoms with Crippen molar-refractivity contribution in [3.8, 4) is 0 Å². The summed E-state index contributed by atoms with van der Waals surface area (Å²) in [4.78, 5) is 13.3. The Hall–Kier alpha value is -0.330. The van der Waals surface area contributed by atoms with E-state index in [1.165, 1.54) is 4.88 Å². The molecule has 1 aromatic heterocycles. The van der Waals surface area contributed by atoms with Gasteiger partial charge in [-0.2, -0.15) is 0 Å². The number of amides is 1. The molecule has 2 fully saturated rings. The molecule has 1 aromatic rings. The first-order valence-electron chi connectivity index (χ1n) is 6.46. The highest BCUT2D eigenvalue weighted by Gasteiger charge is 2.36. The molecule has 3 N–H and O–H groups in total. The molecule has 7 heteroatoms. The summed E-state index contributed by atoms with van der Waals surface area (Å²) < 4.78 is 5.28. The van der Waals surface area contributed by atoms with Gasteiger partial charge in [0.25, 0.3) is 5.91 Å². The highest BCUT2D eigenvalue weighted by molar-refractivity contribution is 7.10. The van der Waals surface area contributed by atoms with E-state index in [0.29, 0.717) is 12.0 Å². The standard InChI is InChI=1S/C13H18N2O2S.2ClH/c14-11-6-10(11)12-5-8(7-18-12)13(16)15-9-1-3-17-4-2-9;;/h5,7,9-11H,1-4,6,14H2,(H,15,16);2*1H/t10-,11-;;/m1../s1. The minimum atomic E-state index is 0. The average Bonchev–Trinajstić information content (AvgIpc) is 2.93. The smallest absolute Gasteiger partial charge is 0.252 e. The van der Waals surface area contributed by atoms with Crippen molar-refractivity contribution in [1.29, 1.82) is 0 Å². The molecule has 1 saturated heterocycles. The normalized spacial score (nSPS) is 25.2. The van der Waals surface area contributed by atoms with E-state index in [1.54, 1.807) is 11.3 Å². The largest absolute Gasteiger partial charge is 0.381 e. The van der Waals surface area contributed by atoms with Gasteiger partial charge in [0.05, 0.1) is 5.56 Å². The molecule has 0 spiro atoms. The SMILES string of the molecule is Cl.Cl.N[C@@H]1C[C@H]1c1cc(C(=O)NC2CCOCC2)cs1. The Balaban J connectivity index is 0.000001000. The number of carbonyl (C=O) groups is 1. The van der Waals surface area contributed by atoms with Gasteiger partial charge in [0.15, 0.2) is 0 Å². The number of rotatable bonds is 3. The van der Waals surface area contributed by atoms with Crippen molar-refractivity contribution in [3.05, 3.63) is 21.9 Å². The van der Waals surface area contributed by atoms with Gasteiger partial charge in [0, 0.05) is 41.5 Å². The van der Waals surface area contributed by atoms with Crippen LogP contribution in [0.1, 0.15) is 40.4 Å². The summed E-state index contributed by atoms with van der Waals surface area (Å²) in [5, 5.41) is 5.02. The van der Waals surface area contributed by atoms with Crippen molar-refractivity contribution >= 4 is 42.1 Å². The van der Waals surface area contributed by atoms with Crippen LogP contribution in [0.4, 0.5) is 0 Å². The molecular formula is C13H20Cl2N2O2S. The summed E-state index contributed by atoms with van der Waals surface area (Å²) in [5.41, 5.74) is 6.60. The lowest BCUT2D eigenvalue weighted by molar-refractivity contribution is 0.0696. The van der Waals surface area contributed by atoms with Crippen molar-refractivity contribution in [2.24, 2.45) is 5.73 Å². The molecule has 1 aliphatic carbocycles. The van der Waals surface area contributed by atoms with Gasteiger partial charge >= 0.3 is 0 Å². The fraction of sp³-hybridized carbons (Fsp3) is 0.615. The van der Waals surface area contributed by atoms with Crippen molar-refractivity contribution < 1.29 is 9.53 Å². The predicted octanol–water partition coefficient (Wildman–Crippen LogP) is 2.32. The molecular weight excluding hydrogens is 319 g/mol.